The first-order valence-corrected chi connectivity index (χ1v) is 19.2. The summed E-state index contributed by atoms with van der Waals surface area (Å²) in [6.45, 7) is 22.2. The predicted molar refractivity (Wildman–Crippen MR) is 157 cm³/mol. The van der Waals surface area contributed by atoms with Gasteiger partial charge in [0.1, 0.15) is 29.5 Å². The minimum absolute atomic E-state index is 0.0496. The third kappa shape index (κ3) is 6.74. The van der Waals surface area contributed by atoms with Crippen LogP contribution in [0.5, 0.6) is 28.7 Å². The summed E-state index contributed by atoms with van der Waals surface area (Å²) in [6.07, 6.45) is -2.22. The van der Waals surface area contributed by atoms with Crippen molar-refractivity contribution in [3.05, 3.63) is 41.5 Å². The molecule has 2 aromatic carbocycles. The van der Waals surface area contributed by atoms with Crippen LogP contribution in [0.15, 0.2) is 30.3 Å². The molecule has 0 bridgehead atoms. The molecule has 2 aromatic rings. The Balaban J connectivity index is 2.07. The summed E-state index contributed by atoms with van der Waals surface area (Å²) >= 11 is 0. The van der Waals surface area contributed by atoms with Crippen molar-refractivity contribution in [2.75, 3.05) is 13.2 Å². The number of ether oxygens (including phenoxy) is 2. The van der Waals surface area contributed by atoms with Crippen molar-refractivity contribution in [2.24, 2.45) is 0 Å². The molecule has 39 heavy (non-hydrogen) atoms. The van der Waals surface area contributed by atoms with E-state index in [1.54, 1.807) is 6.07 Å². The Bertz CT molecular complexity index is 1170. The first kappa shape index (κ1) is 31.3. The van der Waals surface area contributed by atoms with Crippen molar-refractivity contribution in [3.8, 4) is 28.7 Å². The molecular formula is C29H46O8Si2. The summed E-state index contributed by atoms with van der Waals surface area (Å²) < 4.78 is 26.1. The van der Waals surface area contributed by atoms with E-state index < -0.39 is 34.9 Å². The van der Waals surface area contributed by atoms with Gasteiger partial charge in [-0.15, -0.1) is 0 Å². The molecule has 0 saturated carbocycles. The van der Waals surface area contributed by atoms with Gasteiger partial charge >= 0.3 is 0 Å². The number of benzene rings is 2. The maximum Gasteiger partial charge on any atom is 0.192 e. The largest absolute Gasteiger partial charge is 0.508 e. The van der Waals surface area contributed by atoms with Gasteiger partial charge in [0.15, 0.2) is 34.2 Å². The third-order valence-electron chi connectivity index (χ3n) is 8.45. The minimum atomic E-state index is -2.41. The van der Waals surface area contributed by atoms with Gasteiger partial charge in [0.2, 0.25) is 0 Å². The van der Waals surface area contributed by atoms with Crippen molar-refractivity contribution in [3.63, 3.8) is 0 Å². The summed E-state index contributed by atoms with van der Waals surface area (Å²) in [5, 5.41) is 41.3. The van der Waals surface area contributed by atoms with Crippen molar-refractivity contribution < 1.29 is 38.8 Å². The third-order valence-corrected chi connectivity index (χ3v) is 17.5. The van der Waals surface area contributed by atoms with Gasteiger partial charge in [0.25, 0.3) is 0 Å². The van der Waals surface area contributed by atoms with E-state index in [0.717, 1.165) is 0 Å². The molecule has 3 atom stereocenters. The molecule has 3 rings (SSSR count). The van der Waals surface area contributed by atoms with Crippen LogP contribution >= 0.6 is 0 Å². The lowest BCUT2D eigenvalue weighted by atomic mass is 9.91. The summed E-state index contributed by atoms with van der Waals surface area (Å²) in [7, 11) is -4.42. The summed E-state index contributed by atoms with van der Waals surface area (Å²) in [5.74, 6) is -0.580. The van der Waals surface area contributed by atoms with Gasteiger partial charge in [-0.05, 0) is 54.0 Å². The maximum absolute atomic E-state index is 11.0. The Morgan fingerprint density at radius 2 is 1.38 bits per heavy atom. The van der Waals surface area contributed by atoms with Gasteiger partial charge in [0.05, 0.1) is 18.8 Å². The van der Waals surface area contributed by atoms with Gasteiger partial charge in [-0.25, -0.2) is 0 Å². The van der Waals surface area contributed by atoms with E-state index in [1.165, 1.54) is 24.3 Å². The standard InChI is InChI=1S/C29H46O8Si2/c1-28(2,3)38(7,8)35-14-13-34-26-24-22(33)16-19(30)17-23(24)36-25(18-11-12-20(31)21(32)15-18)27(26)37-39(9,10)29(4,5)6/h11-12,15-17,25-27,30-33H,13-14H2,1-10H3. The van der Waals surface area contributed by atoms with E-state index in [-0.39, 0.29) is 45.4 Å². The zero-order chi connectivity index (χ0) is 29.6. The molecule has 8 nitrogen and oxygen atoms in total. The van der Waals surface area contributed by atoms with Crippen LogP contribution in [-0.4, -0.2) is 56.4 Å². The zero-order valence-electron chi connectivity index (χ0n) is 25.0. The Hall–Kier alpha value is -2.25. The number of hydrogen-bond donors (Lipinski definition) is 4. The van der Waals surface area contributed by atoms with E-state index in [4.69, 9.17) is 18.3 Å². The Morgan fingerprint density at radius 3 is 1.95 bits per heavy atom. The molecule has 0 aliphatic carbocycles. The smallest absolute Gasteiger partial charge is 0.192 e. The highest BCUT2D eigenvalue weighted by Crippen LogP contribution is 2.52. The molecular weight excluding hydrogens is 532 g/mol. The molecule has 1 aliphatic heterocycles. The lowest BCUT2D eigenvalue weighted by Crippen LogP contribution is -2.49. The fourth-order valence-electron chi connectivity index (χ4n) is 3.99. The topological polar surface area (TPSA) is 118 Å². The molecule has 1 aliphatic rings. The molecule has 1 heterocycles. The van der Waals surface area contributed by atoms with Crippen LogP contribution in [0.1, 0.15) is 64.9 Å². The van der Waals surface area contributed by atoms with E-state index in [9.17, 15) is 20.4 Å². The van der Waals surface area contributed by atoms with E-state index in [1.807, 2.05) is 0 Å². The first-order chi connectivity index (χ1) is 17.7. The molecule has 0 amide bonds. The Kier molecular flexibility index (Phi) is 8.80. The minimum Gasteiger partial charge on any atom is -0.508 e. The van der Waals surface area contributed by atoms with Crippen molar-refractivity contribution in [1.29, 1.82) is 0 Å². The molecule has 0 saturated heterocycles. The van der Waals surface area contributed by atoms with Gasteiger partial charge in [-0.2, -0.15) is 0 Å². The number of phenolic OH excluding ortho intramolecular Hbond substituents is 4. The predicted octanol–water partition coefficient (Wildman–Crippen LogP) is 7.11. The molecule has 3 unspecified atom stereocenters. The number of aromatic hydroxyl groups is 4. The van der Waals surface area contributed by atoms with Gasteiger partial charge in [0, 0.05) is 12.1 Å². The fraction of sp³-hybridized carbons (Fsp3) is 0.586. The second-order valence-corrected chi connectivity index (χ2v) is 23.0. The van der Waals surface area contributed by atoms with Crippen LogP contribution in [-0.2, 0) is 13.6 Å². The molecule has 0 spiro atoms. The summed E-state index contributed by atoms with van der Waals surface area (Å²) in [5.41, 5.74) is 0.955. The van der Waals surface area contributed by atoms with Crippen LogP contribution in [0.25, 0.3) is 0 Å². The number of hydrogen-bond acceptors (Lipinski definition) is 8. The first-order valence-electron chi connectivity index (χ1n) is 13.4. The lowest BCUT2D eigenvalue weighted by molar-refractivity contribution is -0.100. The quantitative estimate of drug-likeness (QED) is 0.149. The van der Waals surface area contributed by atoms with Crippen molar-refractivity contribution >= 4 is 16.6 Å². The van der Waals surface area contributed by atoms with E-state index in [2.05, 4.69) is 67.7 Å². The lowest BCUT2D eigenvalue weighted by Gasteiger charge is -2.46. The van der Waals surface area contributed by atoms with Crippen LogP contribution in [0.4, 0.5) is 0 Å². The van der Waals surface area contributed by atoms with Gasteiger partial charge in [-0.1, -0.05) is 47.6 Å². The highest BCUT2D eigenvalue weighted by Gasteiger charge is 2.49. The van der Waals surface area contributed by atoms with Gasteiger partial charge in [-0.3, -0.25) is 0 Å². The van der Waals surface area contributed by atoms with E-state index in [0.29, 0.717) is 17.7 Å². The van der Waals surface area contributed by atoms with E-state index >= 15 is 0 Å². The summed E-state index contributed by atoms with van der Waals surface area (Å²) in [6, 6.07) is 7.20. The highest BCUT2D eigenvalue weighted by molar-refractivity contribution is 6.74. The summed E-state index contributed by atoms with van der Waals surface area (Å²) in [4.78, 5) is 0. The Morgan fingerprint density at radius 1 is 0.769 bits per heavy atom. The van der Waals surface area contributed by atoms with Crippen LogP contribution < -0.4 is 4.74 Å². The molecule has 218 valence electrons. The maximum atomic E-state index is 11.0. The molecule has 0 fully saturated rings. The number of phenols is 4. The van der Waals surface area contributed by atoms with Crippen LogP contribution in [0.2, 0.25) is 36.3 Å². The second-order valence-electron chi connectivity index (χ2n) is 13.4. The molecule has 0 aromatic heterocycles. The van der Waals surface area contributed by atoms with Crippen molar-refractivity contribution in [2.45, 2.75) is 96.1 Å². The van der Waals surface area contributed by atoms with Crippen molar-refractivity contribution in [1.82, 2.24) is 0 Å². The zero-order valence-corrected chi connectivity index (χ0v) is 27.0. The van der Waals surface area contributed by atoms with Crippen LogP contribution in [0.3, 0.4) is 0 Å². The van der Waals surface area contributed by atoms with Gasteiger partial charge < -0.3 is 38.8 Å². The second kappa shape index (κ2) is 11.0. The highest BCUT2D eigenvalue weighted by atomic mass is 28.4. The molecule has 10 heteroatoms. The monoisotopic (exact) mass is 578 g/mol. The average molecular weight is 579 g/mol. The Labute approximate surface area is 234 Å². The average Bonchev–Trinajstić information content (AvgIpc) is 2.77. The SMILES string of the molecule is CC(C)(C)[Si](C)(C)OCCOC1c2c(O)cc(O)cc2OC(c2ccc(O)c(O)c2)C1O[Si](C)(C)C(C)(C)C. The molecule has 0 radical (unpaired) electrons. The normalized spacial score (nSPS) is 20.4. The number of rotatable bonds is 8. The molecule has 4 N–H and O–H groups in total. The fourth-order valence-corrected chi connectivity index (χ4v) is 6.30. The number of fused-ring (bicyclic) bond motifs is 1. The van der Waals surface area contributed by atoms with Crippen LogP contribution in [0, 0.1) is 0 Å².